The number of hydrogen-bond acceptors (Lipinski definition) is 1. The number of aromatic amines is 1. The zero-order valence-corrected chi connectivity index (χ0v) is 7.70. The van der Waals surface area contributed by atoms with Crippen LogP contribution in [0.4, 0.5) is 0 Å². The van der Waals surface area contributed by atoms with Crippen LogP contribution in [0, 0.1) is 0 Å². The predicted octanol–water partition coefficient (Wildman–Crippen LogP) is 2.62. The molecule has 1 aliphatic rings. The molecule has 0 saturated heterocycles. The van der Waals surface area contributed by atoms with Crippen molar-refractivity contribution in [1.29, 1.82) is 0 Å². The van der Waals surface area contributed by atoms with E-state index < -0.39 is 0 Å². The molecule has 0 aliphatic heterocycles. The fraction of sp³-hybridized carbons (Fsp3) is 0.0833. The smallest absolute Gasteiger partial charge is 0.190 e. The summed E-state index contributed by atoms with van der Waals surface area (Å²) in [6.45, 7) is 4.07. The highest BCUT2D eigenvalue weighted by molar-refractivity contribution is 5.83. The number of aromatic nitrogens is 2. The fourth-order valence-corrected chi connectivity index (χ4v) is 1.96. The Hall–Kier alpha value is -1.83. The van der Waals surface area contributed by atoms with Crippen molar-refractivity contribution in [2.75, 3.05) is 0 Å². The van der Waals surface area contributed by atoms with E-state index in [4.69, 9.17) is 4.38 Å². The summed E-state index contributed by atoms with van der Waals surface area (Å²) in [5.74, 6) is 0. The quantitative estimate of drug-likeness (QED) is 0.576. The molecule has 0 bridgehead atoms. The SMILES string of the molecule is [2H][2H].[2H]n1ncc2c1Cc1ccccc1C2=C. The first-order valence-corrected chi connectivity index (χ1v) is 4.61. The summed E-state index contributed by atoms with van der Waals surface area (Å²) >= 11 is 0. The van der Waals surface area contributed by atoms with Gasteiger partial charge in [0.2, 0.25) is 0 Å². The van der Waals surface area contributed by atoms with Crippen molar-refractivity contribution in [2.45, 2.75) is 6.42 Å². The Labute approximate surface area is 86.8 Å². The van der Waals surface area contributed by atoms with Crippen LogP contribution in [0.25, 0.3) is 5.57 Å². The molecular weight excluding hydrogens is 172 g/mol. The van der Waals surface area contributed by atoms with E-state index in [1.807, 2.05) is 12.1 Å². The minimum Gasteiger partial charge on any atom is -0.282 e. The number of hydrogen-bond donors (Lipinski definition) is 1. The molecule has 70 valence electrons. The highest BCUT2D eigenvalue weighted by atomic mass is 15.1. The Balaban J connectivity index is 0.000000514. The number of nitrogens with one attached hydrogen (secondary N) is 1. The van der Waals surface area contributed by atoms with Crippen LogP contribution in [0.1, 0.15) is 25.4 Å². The molecule has 2 nitrogen and oxygen atoms in total. The Morgan fingerprint density at radius 2 is 2.36 bits per heavy atom. The summed E-state index contributed by atoms with van der Waals surface area (Å²) in [4.78, 5) is 0. The van der Waals surface area contributed by atoms with Crippen molar-refractivity contribution in [3.8, 4) is 0 Å². The largest absolute Gasteiger partial charge is 0.282 e. The van der Waals surface area contributed by atoms with Gasteiger partial charge in [-0.05, 0) is 16.7 Å². The van der Waals surface area contributed by atoms with Gasteiger partial charge in [0.25, 0.3) is 0 Å². The lowest BCUT2D eigenvalue weighted by molar-refractivity contribution is 0.986. The van der Waals surface area contributed by atoms with Crippen molar-refractivity contribution in [3.63, 3.8) is 0 Å². The number of benzene rings is 1. The molecular formula is C12H12N2. The van der Waals surface area contributed by atoms with Crippen LogP contribution in [0.2, 0.25) is 1.41 Å². The lowest BCUT2D eigenvalue weighted by Crippen LogP contribution is -2.04. The second-order valence-electron chi connectivity index (χ2n) is 3.52. The van der Waals surface area contributed by atoms with Crippen LogP contribution in [-0.4, -0.2) is 10.2 Å². The summed E-state index contributed by atoms with van der Waals surface area (Å²) in [5.41, 5.74) is 5.31. The van der Waals surface area contributed by atoms with E-state index in [1.54, 1.807) is 6.20 Å². The van der Waals surface area contributed by atoms with Gasteiger partial charge >= 0.3 is 0 Å². The maximum atomic E-state index is 7.62. The molecule has 0 fully saturated rings. The Bertz CT molecular complexity index is 561. The molecule has 0 amide bonds. The monoisotopic (exact) mass is 187 g/mol. The molecule has 0 unspecified atom stereocenters. The van der Waals surface area contributed by atoms with Gasteiger partial charge in [-0.25, -0.2) is 0 Å². The highest BCUT2D eigenvalue weighted by Crippen LogP contribution is 2.32. The van der Waals surface area contributed by atoms with Gasteiger partial charge in [0.15, 0.2) is 1.41 Å². The van der Waals surface area contributed by atoms with Gasteiger partial charge in [-0.1, -0.05) is 30.8 Å². The Morgan fingerprint density at radius 3 is 3.29 bits per heavy atom. The third-order valence-corrected chi connectivity index (χ3v) is 2.70. The van der Waals surface area contributed by atoms with Crippen molar-refractivity contribution < 1.29 is 4.38 Å². The normalized spacial score (nSPS) is 15.1. The van der Waals surface area contributed by atoms with Crippen molar-refractivity contribution >= 4 is 5.57 Å². The van der Waals surface area contributed by atoms with Gasteiger partial charge in [-0.2, -0.15) is 5.10 Å². The van der Waals surface area contributed by atoms with Gasteiger partial charge < -0.3 is 0 Å². The molecule has 1 heterocycles. The van der Waals surface area contributed by atoms with Gasteiger partial charge in [0.1, 0.15) is 0 Å². The van der Waals surface area contributed by atoms with E-state index in [-0.39, 0.29) is 0 Å². The van der Waals surface area contributed by atoms with Crippen molar-refractivity contribution in [3.05, 3.63) is 59.4 Å². The highest BCUT2D eigenvalue weighted by Gasteiger charge is 2.19. The van der Waals surface area contributed by atoms with E-state index in [1.165, 1.54) is 16.2 Å². The first-order chi connectivity index (χ1) is 8.27. The average Bonchev–Trinajstić information content (AvgIpc) is 2.75. The molecule has 2 aromatic rings. The van der Waals surface area contributed by atoms with E-state index in [0.717, 1.165) is 23.3 Å². The molecule has 0 saturated carbocycles. The lowest BCUT2D eigenvalue weighted by atomic mass is 9.87. The summed E-state index contributed by atoms with van der Waals surface area (Å²) in [6, 6.07) is 8.18. The van der Waals surface area contributed by atoms with Crippen LogP contribution in [0.3, 0.4) is 0 Å². The predicted molar refractivity (Wildman–Crippen MR) is 58.1 cm³/mol. The molecule has 0 atom stereocenters. The lowest BCUT2D eigenvalue weighted by Gasteiger charge is -2.17. The topological polar surface area (TPSA) is 28.7 Å². The van der Waals surface area contributed by atoms with Crippen LogP contribution in [-0.2, 0) is 6.42 Å². The summed E-state index contributed by atoms with van der Waals surface area (Å²) in [6.07, 6.45) is 2.49. The summed E-state index contributed by atoms with van der Waals surface area (Å²) < 4.78 is 17.6. The average molecular weight is 187 g/mol. The van der Waals surface area contributed by atoms with Gasteiger partial charge in [0.05, 0.1) is 6.20 Å². The molecule has 1 N–H and O–H groups in total. The fourth-order valence-electron chi connectivity index (χ4n) is 1.96. The van der Waals surface area contributed by atoms with E-state index in [9.17, 15) is 0 Å². The number of nitrogens with zero attached hydrogens (tertiary/aromatic N) is 1. The second kappa shape index (κ2) is 2.58. The number of rotatable bonds is 0. The molecule has 0 radical (unpaired) electrons. The second-order valence-corrected chi connectivity index (χ2v) is 3.52. The minimum absolute atomic E-state index is 0.772. The van der Waals surface area contributed by atoms with E-state index >= 15 is 0 Å². The number of H-pyrrole nitrogens is 1. The van der Waals surface area contributed by atoms with Gasteiger partial charge in [-0.15, -0.1) is 0 Å². The molecule has 3 rings (SSSR count). The van der Waals surface area contributed by atoms with Gasteiger partial charge in [0, 0.05) is 20.6 Å². The van der Waals surface area contributed by atoms with Crippen LogP contribution < -0.4 is 0 Å². The third kappa shape index (κ3) is 0.880. The van der Waals surface area contributed by atoms with Crippen LogP contribution >= 0.6 is 0 Å². The molecule has 14 heavy (non-hydrogen) atoms. The van der Waals surface area contributed by atoms with Crippen LogP contribution in [0.5, 0.6) is 0 Å². The van der Waals surface area contributed by atoms with Crippen LogP contribution in [0.15, 0.2) is 37.0 Å². The van der Waals surface area contributed by atoms with Gasteiger partial charge in [-0.3, -0.25) is 5.09 Å². The third-order valence-electron chi connectivity index (χ3n) is 2.70. The zero-order valence-electron chi connectivity index (χ0n) is 10.7. The zero-order chi connectivity index (χ0) is 12.4. The Kier molecular flexibility index (Phi) is 1.07. The number of fused-ring (bicyclic) bond motifs is 2. The van der Waals surface area contributed by atoms with Crippen molar-refractivity contribution in [1.82, 2.24) is 10.2 Å². The molecule has 1 aromatic carbocycles. The van der Waals surface area contributed by atoms with E-state index in [2.05, 4.69) is 23.8 Å². The Morgan fingerprint density at radius 1 is 1.50 bits per heavy atom. The first kappa shape index (κ1) is 5.81. The molecule has 1 aliphatic carbocycles. The summed E-state index contributed by atoms with van der Waals surface area (Å²) in [7, 11) is 0. The maximum Gasteiger partial charge on any atom is 0.190 e. The molecule has 1 aromatic heterocycles. The maximum absolute atomic E-state index is 7.62. The molecule has 0 spiro atoms. The molecule has 2 heteroatoms. The summed E-state index contributed by atoms with van der Waals surface area (Å²) in [5, 5.41) is 5.15. The van der Waals surface area contributed by atoms with Crippen molar-refractivity contribution in [2.24, 2.45) is 0 Å². The van der Waals surface area contributed by atoms with E-state index in [0.29, 0.717) is 0 Å². The standard InChI is InChI=1S/C12H10N2.H2/c1-8-10-5-3-2-4-9(10)6-12-11(8)7-13-14-12;/h2-5,7H,1,6H2,(H,13,14);1H/i;1+1D/hD. The first-order valence-electron chi connectivity index (χ1n) is 6.06. The minimum atomic E-state index is 0.772.